The Hall–Kier alpha value is -1.57. The lowest BCUT2D eigenvalue weighted by molar-refractivity contribution is 0.0941. The lowest BCUT2D eigenvalue weighted by atomic mass is 10.2. The second kappa shape index (κ2) is 8.66. The van der Waals surface area contributed by atoms with Crippen LogP contribution in [0, 0.1) is 0 Å². The molecule has 1 amide bonds. The molecule has 0 saturated carbocycles. The summed E-state index contributed by atoms with van der Waals surface area (Å²) in [6.07, 6.45) is 0.928. The lowest BCUT2D eigenvalue weighted by Crippen LogP contribution is -2.47. The molecule has 0 fully saturated rings. The van der Waals surface area contributed by atoms with Gasteiger partial charge in [-0.3, -0.25) is 15.6 Å². The highest BCUT2D eigenvalue weighted by Gasteiger charge is 2.11. The van der Waals surface area contributed by atoms with Crippen molar-refractivity contribution >= 4 is 34.8 Å². The van der Waals surface area contributed by atoms with Crippen LogP contribution in [0.25, 0.3) is 0 Å². The van der Waals surface area contributed by atoms with Gasteiger partial charge in [0.1, 0.15) is 5.75 Å². The van der Waals surface area contributed by atoms with Gasteiger partial charge >= 0.3 is 0 Å². The minimum atomic E-state index is -0.521. The number of thiocarbonyl (C=S) groups is 1. The standard InChI is InChI=1S/C13H19ClN4O2S/c1-18(2)7-3-6-15-13(21)17-16-12(20)10-8-9(14)4-5-11(10)19/h4-5,8,19H,3,6-7H2,1-2H3,(H,16,20)(H2,15,17,21). The van der Waals surface area contributed by atoms with Crippen LogP contribution in [0.15, 0.2) is 18.2 Å². The van der Waals surface area contributed by atoms with Gasteiger partial charge in [0.15, 0.2) is 5.11 Å². The van der Waals surface area contributed by atoms with Crippen molar-refractivity contribution in [2.45, 2.75) is 6.42 Å². The van der Waals surface area contributed by atoms with E-state index in [-0.39, 0.29) is 11.3 Å². The number of halogens is 1. The molecule has 0 saturated heterocycles. The maximum atomic E-state index is 11.9. The average molecular weight is 331 g/mol. The van der Waals surface area contributed by atoms with Crippen molar-refractivity contribution in [3.63, 3.8) is 0 Å². The number of hydrazine groups is 1. The molecule has 0 atom stereocenters. The average Bonchev–Trinajstić information content (AvgIpc) is 2.43. The van der Waals surface area contributed by atoms with E-state index in [1.54, 1.807) is 0 Å². The van der Waals surface area contributed by atoms with E-state index in [1.807, 2.05) is 14.1 Å². The topological polar surface area (TPSA) is 76.6 Å². The fraction of sp³-hybridized carbons (Fsp3) is 0.385. The van der Waals surface area contributed by atoms with Crippen LogP contribution in [-0.4, -0.2) is 48.2 Å². The molecule has 0 aliphatic carbocycles. The molecule has 8 heteroatoms. The first-order chi connectivity index (χ1) is 9.90. The largest absolute Gasteiger partial charge is 0.507 e. The summed E-state index contributed by atoms with van der Waals surface area (Å²) in [5, 5.41) is 13.2. The number of hydrogen-bond donors (Lipinski definition) is 4. The highest BCUT2D eigenvalue weighted by Crippen LogP contribution is 2.20. The van der Waals surface area contributed by atoms with Crippen LogP contribution in [-0.2, 0) is 0 Å². The van der Waals surface area contributed by atoms with E-state index >= 15 is 0 Å². The Morgan fingerprint density at radius 3 is 2.76 bits per heavy atom. The van der Waals surface area contributed by atoms with Crippen LogP contribution in [0.2, 0.25) is 5.02 Å². The van der Waals surface area contributed by atoms with Gasteiger partial charge in [-0.15, -0.1) is 0 Å². The summed E-state index contributed by atoms with van der Waals surface area (Å²) in [5.74, 6) is -0.670. The summed E-state index contributed by atoms with van der Waals surface area (Å²) in [4.78, 5) is 13.9. The molecular weight excluding hydrogens is 312 g/mol. The van der Waals surface area contributed by atoms with E-state index in [4.69, 9.17) is 23.8 Å². The molecule has 116 valence electrons. The Labute approximate surface area is 134 Å². The van der Waals surface area contributed by atoms with Gasteiger partial charge in [-0.2, -0.15) is 0 Å². The number of hydrogen-bond acceptors (Lipinski definition) is 4. The summed E-state index contributed by atoms with van der Waals surface area (Å²) in [6, 6.07) is 4.23. The third-order valence-electron chi connectivity index (χ3n) is 2.56. The highest BCUT2D eigenvalue weighted by atomic mass is 35.5. The van der Waals surface area contributed by atoms with Gasteiger partial charge in [-0.05, 0) is 57.5 Å². The van der Waals surface area contributed by atoms with E-state index in [2.05, 4.69) is 21.1 Å². The Morgan fingerprint density at radius 2 is 2.10 bits per heavy atom. The predicted molar refractivity (Wildman–Crippen MR) is 87.5 cm³/mol. The first-order valence-electron chi connectivity index (χ1n) is 6.37. The Bertz CT molecular complexity index is 511. The maximum Gasteiger partial charge on any atom is 0.273 e. The van der Waals surface area contributed by atoms with Crippen molar-refractivity contribution < 1.29 is 9.90 Å². The zero-order chi connectivity index (χ0) is 15.8. The first kappa shape index (κ1) is 17.5. The zero-order valence-electron chi connectivity index (χ0n) is 11.9. The van der Waals surface area contributed by atoms with Gasteiger partial charge in [-0.25, -0.2) is 0 Å². The van der Waals surface area contributed by atoms with Crippen molar-refractivity contribution in [1.29, 1.82) is 0 Å². The molecule has 0 spiro atoms. The minimum absolute atomic E-state index is 0.0745. The van der Waals surface area contributed by atoms with Gasteiger partial charge in [0.05, 0.1) is 5.56 Å². The fourth-order valence-electron chi connectivity index (χ4n) is 1.51. The van der Waals surface area contributed by atoms with Crippen LogP contribution >= 0.6 is 23.8 Å². The quantitative estimate of drug-likeness (QED) is 0.368. The van der Waals surface area contributed by atoms with Gasteiger partial charge < -0.3 is 15.3 Å². The summed E-state index contributed by atoms with van der Waals surface area (Å²) < 4.78 is 0. The van der Waals surface area contributed by atoms with E-state index < -0.39 is 5.91 Å². The number of amides is 1. The number of carbonyl (C=O) groups excluding carboxylic acids is 1. The molecule has 21 heavy (non-hydrogen) atoms. The van der Waals surface area contributed by atoms with Crippen LogP contribution in [0.3, 0.4) is 0 Å². The molecule has 0 heterocycles. The second-order valence-electron chi connectivity index (χ2n) is 4.65. The molecule has 0 aromatic heterocycles. The number of rotatable bonds is 5. The summed E-state index contributed by atoms with van der Waals surface area (Å²) in [7, 11) is 3.99. The van der Waals surface area contributed by atoms with Gasteiger partial charge in [0, 0.05) is 11.6 Å². The van der Waals surface area contributed by atoms with Crippen molar-refractivity contribution in [1.82, 2.24) is 21.1 Å². The van der Waals surface area contributed by atoms with E-state index in [0.717, 1.165) is 13.0 Å². The molecule has 1 rings (SSSR count). The monoisotopic (exact) mass is 330 g/mol. The number of carbonyl (C=O) groups is 1. The van der Waals surface area contributed by atoms with Gasteiger partial charge in [0.25, 0.3) is 5.91 Å². The van der Waals surface area contributed by atoms with E-state index in [9.17, 15) is 9.90 Å². The Morgan fingerprint density at radius 1 is 1.38 bits per heavy atom. The highest BCUT2D eigenvalue weighted by molar-refractivity contribution is 7.80. The molecular formula is C13H19ClN4O2S. The number of nitrogens with one attached hydrogen (secondary N) is 3. The van der Waals surface area contributed by atoms with Gasteiger partial charge in [0.2, 0.25) is 0 Å². The van der Waals surface area contributed by atoms with Crippen LogP contribution in [0.1, 0.15) is 16.8 Å². The van der Waals surface area contributed by atoms with Crippen LogP contribution in [0.5, 0.6) is 5.75 Å². The maximum absolute atomic E-state index is 11.9. The summed E-state index contributed by atoms with van der Waals surface area (Å²) >= 11 is 10.8. The lowest BCUT2D eigenvalue weighted by Gasteiger charge is -2.13. The molecule has 6 nitrogen and oxygen atoms in total. The predicted octanol–water partition coefficient (Wildman–Crippen LogP) is 1.11. The number of nitrogens with zero attached hydrogens (tertiary/aromatic N) is 1. The molecule has 0 unspecified atom stereocenters. The SMILES string of the molecule is CN(C)CCCNC(=S)NNC(=O)c1cc(Cl)ccc1O. The molecule has 0 aliphatic rings. The number of benzene rings is 1. The number of phenolic OH excluding ortho intramolecular Hbond substituents is 1. The summed E-state index contributed by atoms with van der Waals surface area (Å²) in [5.41, 5.74) is 5.04. The molecule has 0 aliphatic heterocycles. The third-order valence-corrected chi connectivity index (χ3v) is 3.04. The van der Waals surface area contributed by atoms with E-state index in [1.165, 1.54) is 18.2 Å². The minimum Gasteiger partial charge on any atom is -0.507 e. The molecule has 4 N–H and O–H groups in total. The Balaban J connectivity index is 2.35. The zero-order valence-corrected chi connectivity index (χ0v) is 13.5. The molecule has 0 bridgehead atoms. The van der Waals surface area contributed by atoms with E-state index in [0.29, 0.717) is 16.7 Å². The fourth-order valence-corrected chi connectivity index (χ4v) is 1.84. The third kappa shape index (κ3) is 6.61. The normalized spacial score (nSPS) is 10.3. The first-order valence-corrected chi connectivity index (χ1v) is 7.16. The van der Waals surface area contributed by atoms with Crippen molar-refractivity contribution in [2.75, 3.05) is 27.2 Å². The number of aromatic hydroxyl groups is 1. The van der Waals surface area contributed by atoms with Gasteiger partial charge in [-0.1, -0.05) is 11.6 Å². The molecule has 1 aromatic carbocycles. The van der Waals surface area contributed by atoms with Crippen molar-refractivity contribution in [3.8, 4) is 5.75 Å². The molecule has 1 aromatic rings. The van der Waals surface area contributed by atoms with Crippen molar-refractivity contribution in [3.05, 3.63) is 28.8 Å². The van der Waals surface area contributed by atoms with Crippen molar-refractivity contribution in [2.24, 2.45) is 0 Å². The summed E-state index contributed by atoms with van der Waals surface area (Å²) in [6.45, 7) is 1.64. The smallest absolute Gasteiger partial charge is 0.273 e. The number of phenols is 1. The van der Waals surface area contributed by atoms with Crippen LogP contribution in [0.4, 0.5) is 0 Å². The Kier molecular flexibility index (Phi) is 7.21. The molecule has 0 radical (unpaired) electrons. The van der Waals surface area contributed by atoms with Crippen LogP contribution < -0.4 is 16.2 Å². The second-order valence-corrected chi connectivity index (χ2v) is 5.50.